The first-order chi connectivity index (χ1) is 9.72. The topological polar surface area (TPSA) is 42.0 Å². The molecule has 20 heavy (non-hydrogen) atoms. The molecule has 0 aliphatic heterocycles. The van der Waals surface area contributed by atoms with E-state index in [1.54, 1.807) is 12.3 Å². The van der Waals surface area contributed by atoms with E-state index in [9.17, 15) is 4.79 Å². The van der Waals surface area contributed by atoms with Crippen LogP contribution in [-0.2, 0) is 11.3 Å². The van der Waals surface area contributed by atoms with Gasteiger partial charge in [-0.15, -0.1) is 0 Å². The number of nitrogens with zero attached hydrogens (tertiary/aromatic N) is 1. The van der Waals surface area contributed by atoms with Crippen LogP contribution in [0.15, 0.2) is 64.4 Å². The summed E-state index contributed by atoms with van der Waals surface area (Å²) in [4.78, 5) is 16.2. The van der Waals surface area contributed by atoms with E-state index in [0.717, 1.165) is 23.1 Å². The van der Waals surface area contributed by atoms with Crippen molar-refractivity contribution in [3.8, 4) is 0 Å². The molecular weight excluding hydrogens is 272 g/mol. The van der Waals surface area contributed by atoms with E-state index in [1.165, 1.54) is 16.7 Å². The molecule has 1 aromatic heterocycles. The second-order valence-electron chi connectivity index (χ2n) is 5.07. The molecule has 0 unspecified atom stereocenters. The number of nitrogens with one attached hydrogen (secondary N) is 1. The van der Waals surface area contributed by atoms with Gasteiger partial charge >= 0.3 is 0 Å². The fraction of sp³-hybridized carbons (Fsp3) is 0.125. The molecule has 4 heteroatoms. The molecule has 0 bridgehead atoms. The van der Waals surface area contributed by atoms with Crippen molar-refractivity contribution in [2.45, 2.75) is 13.0 Å². The van der Waals surface area contributed by atoms with Crippen LogP contribution in [0.3, 0.4) is 0 Å². The molecule has 3 aliphatic carbocycles. The smallest absolute Gasteiger partial charge is 0.252 e. The highest BCUT2D eigenvalue weighted by Crippen LogP contribution is 2.51. The van der Waals surface area contributed by atoms with Gasteiger partial charge in [-0.1, -0.05) is 23.7 Å². The summed E-state index contributed by atoms with van der Waals surface area (Å²) in [5, 5.41) is 3.38. The molecule has 0 saturated heterocycles. The van der Waals surface area contributed by atoms with E-state index in [4.69, 9.17) is 11.6 Å². The summed E-state index contributed by atoms with van der Waals surface area (Å²) in [5.74, 6) is -0.0417. The summed E-state index contributed by atoms with van der Waals surface area (Å²) in [6.45, 7) is 0.454. The Morgan fingerprint density at radius 3 is 3.00 bits per heavy atom. The van der Waals surface area contributed by atoms with Gasteiger partial charge in [-0.05, 0) is 52.5 Å². The maximum absolute atomic E-state index is 12.2. The number of halogens is 1. The molecule has 0 radical (unpaired) electrons. The number of carbonyl (C=O) groups is 1. The molecule has 0 spiro atoms. The number of rotatable bonds is 3. The summed E-state index contributed by atoms with van der Waals surface area (Å²) < 4.78 is 0. The summed E-state index contributed by atoms with van der Waals surface area (Å²) in [7, 11) is 0. The lowest BCUT2D eigenvalue weighted by atomic mass is 10.1. The minimum atomic E-state index is -0.0417. The van der Waals surface area contributed by atoms with Crippen molar-refractivity contribution in [2.75, 3.05) is 0 Å². The Balaban J connectivity index is 1.48. The van der Waals surface area contributed by atoms with Gasteiger partial charge in [0, 0.05) is 18.3 Å². The van der Waals surface area contributed by atoms with Gasteiger partial charge in [-0.25, -0.2) is 4.98 Å². The number of hydrogen-bond acceptors (Lipinski definition) is 2. The molecule has 3 aliphatic rings. The van der Waals surface area contributed by atoms with Crippen LogP contribution in [0.4, 0.5) is 0 Å². The molecule has 98 valence electrons. The lowest BCUT2D eigenvalue weighted by Crippen LogP contribution is -2.24. The molecule has 1 aromatic rings. The molecule has 3 nitrogen and oxygen atoms in total. The van der Waals surface area contributed by atoms with Crippen molar-refractivity contribution in [3.05, 3.63) is 75.1 Å². The van der Waals surface area contributed by atoms with Crippen LogP contribution in [0.2, 0.25) is 5.15 Å². The fourth-order valence-corrected chi connectivity index (χ4v) is 2.74. The Labute approximate surface area is 121 Å². The third-order valence-electron chi connectivity index (χ3n) is 3.76. The Bertz CT molecular complexity index is 751. The lowest BCUT2D eigenvalue weighted by molar-refractivity contribution is -0.117. The average molecular weight is 283 g/mol. The zero-order chi connectivity index (χ0) is 13.7. The number of fused-ring (bicyclic) bond motifs is 2. The lowest BCUT2D eigenvalue weighted by Gasteiger charge is -2.06. The van der Waals surface area contributed by atoms with Crippen LogP contribution in [0, 0.1) is 0 Å². The Kier molecular flexibility index (Phi) is 2.44. The van der Waals surface area contributed by atoms with E-state index in [0.29, 0.717) is 11.7 Å². The largest absolute Gasteiger partial charge is 0.348 e. The summed E-state index contributed by atoms with van der Waals surface area (Å²) in [6, 6.07) is 3.58. The highest BCUT2D eigenvalue weighted by Gasteiger charge is 2.35. The van der Waals surface area contributed by atoms with Gasteiger partial charge in [0.2, 0.25) is 0 Å². The SMILES string of the molecule is O=C(NCc1ccc(Cl)nc1)C1=C2C=C3CC3=C2C=C1. The molecular formula is C16H11ClN2O. The van der Waals surface area contributed by atoms with Crippen LogP contribution < -0.4 is 5.32 Å². The van der Waals surface area contributed by atoms with Crippen molar-refractivity contribution in [1.82, 2.24) is 10.3 Å². The van der Waals surface area contributed by atoms with Crippen molar-refractivity contribution >= 4 is 17.5 Å². The van der Waals surface area contributed by atoms with Gasteiger partial charge in [-0.2, -0.15) is 0 Å². The molecule has 0 aromatic carbocycles. The van der Waals surface area contributed by atoms with E-state index in [2.05, 4.69) is 16.4 Å². The fourth-order valence-electron chi connectivity index (χ4n) is 2.62. The highest BCUT2D eigenvalue weighted by molar-refractivity contribution is 6.29. The van der Waals surface area contributed by atoms with Crippen molar-refractivity contribution < 1.29 is 4.79 Å². The number of allylic oxidation sites excluding steroid dienone is 6. The Hall–Kier alpha value is -2.13. The zero-order valence-electron chi connectivity index (χ0n) is 10.6. The third kappa shape index (κ3) is 1.82. The number of hydrogen-bond donors (Lipinski definition) is 1. The van der Waals surface area contributed by atoms with Crippen molar-refractivity contribution in [1.29, 1.82) is 0 Å². The van der Waals surface area contributed by atoms with Crippen LogP contribution in [-0.4, -0.2) is 10.9 Å². The van der Waals surface area contributed by atoms with Gasteiger partial charge < -0.3 is 5.32 Å². The number of pyridine rings is 1. The predicted octanol–water partition coefficient (Wildman–Crippen LogP) is 2.86. The average Bonchev–Trinajstić information content (AvgIpc) is 2.93. The molecule has 0 atom stereocenters. The van der Waals surface area contributed by atoms with Gasteiger partial charge in [0.05, 0.1) is 0 Å². The third-order valence-corrected chi connectivity index (χ3v) is 3.98. The maximum Gasteiger partial charge on any atom is 0.252 e. The van der Waals surface area contributed by atoms with Crippen LogP contribution in [0.1, 0.15) is 12.0 Å². The minimum Gasteiger partial charge on any atom is -0.348 e. The quantitative estimate of drug-likeness (QED) is 0.866. The van der Waals surface area contributed by atoms with E-state index in [-0.39, 0.29) is 5.91 Å². The van der Waals surface area contributed by atoms with Gasteiger partial charge in [0.1, 0.15) is 5.15 Å². The van der Waals surface area contributed by atoms with Crippen LogP contribution in [0.5, 0.6) is 0 Å². The van der Waals surface area contributed by atoms with Crippen LogP contribution >= 0.6 is 11.6 Å². The van der Waals surface area contributed by atoms with E-state index >= 15 is 0 Å². The Morgan fingerprint density at radius 1 is 1.30 bits per heavy atom. The number of carbonyl (C=O) groups excluding carboxylic acids is 1. The molecule has 1 N–H and O–H groups in total. The standard InChI is InChI=1S/C16H11ClN2O/c17-15-4-1-9(7-18-15)8-19-16(20)12-3-2-11-13-5-10(13)6-14(11)12/h1-4,6-7H,5,8H2,(H,19,20). The first kappa shape index (κ1) is 11.7. The van der Waals surface area contributed by atoms with Gasteiger partial charge in [-0.3, -0.25) is 4.79 Å². The zero-order valence-corrected chi connectivity index (χ0v) is 11.4. The first-order valence-electron chi connectivity index (χ1n) is 6.48. The maximum atomic E-state index is 12.2. The Morgan fingerprint density at radius 2 is 2.20 bits per heavy atom. The second-order valence-corrected chi connectivity index (χ2v) is 5.46. The molecule has 4 rings (SSSR count). The minimum absolute atomic E-state index is 0.0417. The molecule has 1 amide bonds. The van der Waals surface area contributed by atoms with E-state index in [1.807, 2.05) is 18.2 Å². The predicted molar refractivity (Wildman–Crippen MR) is 77.0 cm³/mol. The van der Waals surface area contributed by atoms with Crippen LogP contribution in [0.25, 0.3) is 0 Å². The monoisotopic (exact) mass is 282 g/mol. The van der Waals surface area contributed by atoms with E-state index < -0.39 is 0 Å². The molecule has 1 fully saturated rings. The summed E-state index contributed by atoms with van der Waals surface area (Å²) >= 11 is 5.73. The number of amides is 1. The highest BCUT2D eigenvalue weighted by atomic mass is 35.5. The summed E-state index contributed by atoms with van der Waals surface area (Å²) in [5.41, 5.74) is 6.79. The second kappa shape index (κ2) is 4.18. The van der Waals surface area contributed by atoms with Gasteiger partial charge in [0.15, 0.2) is 0 Å². The first-order valence-corrected chi connectivity index (χ1v) is 6.85. The molecule has 1 heterocycles. The summed E-state index contributed by atoms with van der Waals surface area (Å²) in [6.07, 6.45) is 8.83. The van der Waals surface area contributed by atoms with Gasteiger partial charge in [0.25, 0.3) is 5.91 Å². The number of aromatic nitrogens is 1. The van der Waals surface area contributed by atoms with Crippen molar-refractivity contribution in [3.63, 3.8) is 0 Å². The molecule has 1 saturated carbocycles. The normalized spacial score (nSPS) is 18.1. The van der Waals surface area contributed by atoms with Crippen molar-refractivity contribution in [2.24, 2.45) is 0 Å².